The highest BCUT2D eigenvalue weighted by molar-refractivity contribution is 7.07. The molecule has 0 unspecified atom stereocenters. The second-order valence-corrected chi connectivity index (χ2v) is 6.25. The van der Waals surface area contributed by atoms with Crippen molar-refractivity contribution >= 4 is 23.2 Å². The molecule has 0 saturated heterocycles. The Bertz CT molecular complexity index is 794. The lowest BCUT2D eigenvalue weighted by Crippen LogP contribution is -2.36. The van der Waals surface area contributed by atoms with E-state index in [1.54, 1.807) is 31.5 Å². The van der Waals surface area contributed by atoms with Crippen LogP contribution in [0.3, 0.4) is 0 Å². The number of aromatic nitrogens is 1. The molecule has 2 aromatic rings. The normalized spacial score (nSPS) is 11.6. The van der Waals surface area contributed by atoms with E-state index in [4.69, 9.17) is 9.47 Å². The van der Waals surface area contributed by atoms with Crippen molar-refractivity contribution in [3.63, 3.8) is 0 Å². The molecule has 0 radical (unpaired) electrons. The standard InChI is InChI=1S/C17H20N2O5S/c1-11-10-25-17(22)19(11)9-15(20)24-12(2)16(21)18-8-13-4-6-14(23-3)7-5-13/h4-7,10,12H,8-9H2,1-3H3,(H,18,21)/t12-/m1/s1. The van der Waals surface area contributed by atoms with E-state index in [1.165, 1.54) is 11.5 Å². The first-order chi connectivity index (χ1) is 11.9. The predicted molar refractivity (Wildman–Crippen MR) is 93.7 cm³/mol. The third-order valence-corrected chi connectivity index (χ3v) is 4.45. The minimum atomic E-state index is -0.944. The van der Waals surface area contributed by atoms with Crippen LogP contribution in [-0.2, 0) is 27.4 Å². The average molecular weight is 364 g/mol. The number of nitrogens with one attached hydrogen (secondary N) is 1. The zero-order valence-corrected chi connectivity index (χ0v) is 15.1. The lowest BCUT2D eigenvalue weighted by molar-refractivity contribution is -0.155. The highest BCUT2D eigenvalue weighted by atomic mass is 32.1. The van der Waals surface area contributed by atoms with Crippen LogP contribution in [0, 0.1) is 6.92 Å². The molecule has 0 aliphatic heterocycles. The monoisotopic (exact) mass is 364 g/mol. The van der Waals surface area contributed by atoms with Gasteiger partial charge in [0.2, 0.25) is 0 Å². The van der Waals surface area contributed by atoms with Crippen molar-refractivity contribution in [2.75, 3.05) is 7.11 Å². The summed E-state index contributed by atoms with van der Waals surface area (Å²) in [4.78, 5) is 35.3. The molecule has 0 bridgehead atoms. The van der Waals surface area contributed by atoms with Crippen LogP contribution in [0.5, 0.6) is 5.75 Å². The minimum Gasteiger partial charge on any atom is -0.497 e. The first-order valence-corrected chi connectivity index (χ1v) is 8.53. The molecule has 0 fully saturated rings. The van der Waals surface area contributed by atoms with E-state index in [2.05, 4.69) is 5.32 Å². The van der Waals surface area contributed by atoms with Crippen LogP contribution in [0.1, 0.15) is 18.2 Å². The summed E-state index contributed by atoms with van der Waals surface area (Å²) in [7, 11) is 1.58. The average Bonchev–Trinajstić information content (AvgIpc) is 2.91. The fraction of sp³-hybridized carbons (Fsp3) is 0.353. The van der Waals surface area contributed by atoms with Gasteiger partial charge in [-0.25, -0.2) is 0 Å². The first kappa shape index (κ1) is 18.7. The van der Waals surface area contributed by atoms with Gasteiger partial charge in [0.25, 0.3) is 5.91 Å². The maximum Gasteiger partial charge on any atom is 0.326 e. The topological polar surface area (TPSA) is 86.6 Å². The zero-order valence-electron chi connectivity index (χ0n) is 14.3. The fourth-order valence-corrected chi connectivity index (χ4v) is 2.82. The lowest BCUT2D eigenvalue weighted by Gasteiger charge is -2.14. The van der Waals surface area contributed by atoms with Crippen molar-refractivity contribution in [3.05, 3.63) is 50.6 Å². The van der Waals surface area contributed by atoms with Crippen molar-refractivity contribution < 1.29 is 19.1 Å². The Kier molecular flexibility index (Phi) is 6.35. The molecule has 134 valence electrons. The van der Waals surface area contributed by atoms with Crippen LogP contribution in [0.4, 0.5) is 0 Å². The molecule has 0 aliphatic rings. The van der Waals surface area contributed by atoms with Crippen LogP contribution < -0.4 is 14.9 Å². The molecule has 25 heavy (non-hydrogen) atoms. The van der Waals surface area contributed by atoms with Crippen LogP contribution in [0.25, 0.3) is 0 Å². The van der Waals surface area contributed by atoms with E-state index in [0.29, 0.717) is 12.2 Å². The van der Waals surface area contributed by atoms with Gasteiger partial charge in [0, 0.05) is 17.6 Å². The number of thiazole rings is 1. The molecule has 1 N–H and O–H groups in total. The highest BCUT2D eigenvalue weighted by Crippen LogP contribution is 2.11. The molecule has 2 rings (SSSR count). The van der Waals surface area contributed by atoms with E-state index in [0.717, 1.165) is 22.6 Å². The number of hydrogen-bond donors (Lipinski definition) is 1. The number of hydrogen-bond acceptors (Lipinski definition) is 6. The lowest BCUT2D eigenvalue weighted by atomic mass is 10.2. The summed E-state index contributed by atoms with van der Waals surface area (Å²) in [5.74, 6) is -0.300. The van der Waals surface area contributed by atoms with Gasteiger partial charge in [0.15, 0.2) is 6.10 Å². The summed E-state index contributed by atoms with van der Waals surface area (Å²) in [5, 5.41) is 4.37. The van der Waals surface area contributed by atoms with E-state index in [-0.39, 0.29) is 11.4 Å². The molecule has 1 amide bonds. The smallest absolute Gasteiger partial charge is 0.326 e. The summed E-state index contributed by atoms with van der Waals surface area (Å²) in [6.07, 6.45) is -0.944. The van der Waals surface area contributed by atoms with Gasteiger partial charge >= 0.3 is 10.8 Å². The Hall–Kier alpha value is -2.61. The Morgan fingerprint density at radius 1 is 1.28 bits per heavy atom. The Labute approximate surface area is 149 Å². The van der Waals surface area contributed by atoms with Gasteiger partial charge < -0.3 is 14.8 Å². The predicted octanol–water partition coefficient (Wildman–Crippen LogP) is 1.47. The number of aryl methyl sites for hydroxylation is 1. The summed E-state index contributed by atoms with van der Waals surface area (Å²) in [5.41, 5.74) is 1.58. The summed E-state index contributed by atoms with van der Waals surface area (Å²) < 4.78 is 11.5. The molecular formula is C17H20N2O5S. The first-order valence-electron chi connectivity index (χ1n) is 7.65. The Morgan fingerprint density at radius 3 is 2.52 bits per heavy atom. The quantitative estimate of drug-likeness (QED) is 0.752. The largest absolute Gasteiger partial charge is 0.497 e. The van der Waals surface area contributed by atoms with Crippen LogP contribution in [0.15, 0.2) is 34.4 Å². The maximum atomic E-state index is 12.0. The van der Waals surface area contributed by atoms with Gasteiger partial charge in [-0.05, 0) is 31.5 Å². The van der Waals surface area contributed by atoms with Gasteiger partial charge in [0.1, 0.15) is 12.3 Å². The number of methoxy groups -OCH3 is 1. The van der Waals surface area contributed by atoms with Crippen LogP contribution in [-0.4, -0.2) is 29.7 Å². The van der Waals surface area contributed by atoms with E-state index in [9.17, 15) is 14.4 Å². The van der Waals surface area contributed by atoms with Gasteiger partial charge in [-0.2, -0.15) is 0 Å². The van der Waals surface area contributed by atoms with Crippen molar-refractivity contribution in [1.82, 2.24) is 9.88 Å². The molecule has 1 atom stereocenters. The van der Waals surface area contributed by atoms with Crippen molar-refractivity contribution in [3.8, 4) is 5.75 Å². The fourth-order valence-electron chi connectivity index (χ4n) is 2.09. The van der Waals surface area contributed by atoms with Gasteiger partial charge in [0.05, 0.1) is 7.11 Å². The van der Waals surface area contributed by atoms with Gasteiger partial charge in [-0.15, -0.1) is 0 Å². The second-order valence-electron chi connectivity index (χ2n) is 5.43. The van der Waals surface area contributed by atoms with E-state index < -0.39 is 18.0 Å². The van der Waals surface area contributed by atoms with Crippen LogP contribution >= 0.6 is 11.3 Å². The molecule has 1 aromatic carbocycles. The third kappa shape index (κ3) is 5.18. The Morgan fingerprint density at radius 2 is 1.96 bits per heavy atom. The number of esters is 1. The molecule has 0 aliphatic carbocycles. The van der Waals surface area contributed by atoms with Crippen molar-refractivity contribution in [2.24, 2.45) is 0 Å². The minimum absolute atomic E-state index is 0.204. The molecule has 8 heteroatoms. The van der Waals surface area contributed by atoms with Gasteiger partial charge in [-0.3, -0.25) is 19.0 Å². The highest BCUT2D eigenvalue weighted by Gasteiger charge is 2.18. The number of ether oxygens (including phenoxy) is 2. The number of benzene rings is 1. The molecule has 7 nitrogen and oxygen atoms in total. The Balaban J connectivity index is 1.82. The number of nitrogens with zero attached hydrogens (tertiary/aromatic N) is 1. The number of carbonyl (C=O) groups is 2. The molecule has 0 saturated carbocycles. The van der Waals surface area contributed by atoms with Crippen molar-refractivity contribution in [2.45, 2.75) is 33.0 Å². The maximum absolute atomic E-state index is 12.0. The number of amides is 1. The summed E-state index contributed by atoms with van der Waals surface area (Å²) in [6.45, 7) is 3.33. The third-order valence-electron chi connectivity index (χ3n) is 3.57. The van der Waals surface area contributed by atoms with E-state index >= 15 is 0 Å². The summed E-state index contributed by atoms with van der Waals surface area (Å²) >= 11 is 1.02. The van der Waals surface area contributed by atoms with Crippen LogP contribution in [0.2, 0.25) is 0 Å². The van der Waals surface area contributed by atoms with E-state index in [1.807, 2.05) is 12.1 Å². The molecule has 1 aromatic heterocycles. The van der Waals surface area contributed by atoms with Crippen molar-refractivity contribution in [1.29, 1.82) is 0 Å². The number of carbonyl (C=O) groups excluding carboxylic acids is 2. The SMILES string of the molecule is COc1ccc(CNC(=O)[C@@H](C)OC(=O)Cn2c(C)csc2=O)cc1. The molecular weight excluding hydrogens is 344 g/mol. The van der Waals surface area contributed by atoms with Gasteiger partial charge in [-0.1, -0.05) is 23.5 Å². The zero-order chi connectivity index (χ0) is 18.4. The molecule has 0 spiro atoms. The second kappa shape index (κ2) is 8.48. The number of rotatable bonds is 7. The molecule has 1 heterocycles. The summed E-state index contributed by atoms with van der Waals surface area (Å²) in [6, 6.07) is 7.26.